The molecule has 0 unspecified atom stereocenters. The summed E-state index contributed by atoms with van der Waals surface area (Å²) in [4.78, 5) is 3.28. The van der Waals surface area contributed by atoms with E-state index in [1.54, 1.807) is 6.92 Å². The van der Waals surface area contributed by atoms with Crippen molar-refractivity contribution >= 4 is 11.3 Å². The van der Waals surface area contributed by atoms with Crippen molar-refractivity contribution in [2.45, 2.75) is 40.8 Å². The molecule has 84 valence electrons. The number of alkyl halides is 3. The first-order valence-corrected chi connectivity index (χ1v) is 5.37. The van der Waals surface area contributed by atoms with Gasteiger partial charge >= 0.3 is 6.18 Å². The Hall–Kier alpha value is -0.580. The van der Waals surface area contributed by atoms with E-state index in [0.29, 0.717) is 5.01 Å². The quantitative estimate of drug-likeness (QED) is 0.635. The average molecular weight is 227 g/mol. The Morgan fingerprint density at radius 3 is 1.71 bits per heavy atom. The van der Waals surface area contributed by atoms with Crippen molar-refractivity contribution in [3.63, 3.8) is 0 Å². The third-order valence-electron chi connectivity index (χ3n) is 0.909. The minimum absolute atomic E-state index is 0.437. The van der Waals surface area contributed by atoms with E-state index in [4.69, 9.17) is 0 Å². The lowest BCUT2D eigenvalue weighted by atomic mass is 10.5. The van der Waals surface area contributed by atoms with Gasteiger partial charge in [-0.15, -0.1) is 11.3 Å². The number of rotatable bonds is 0. The van der Waals surface area contributed by atoms with Gasteiger partial charge in [-0.1, -0.05) is 27.7 Å². The molecule has 0 saturated carbocycles. The fourth-order valence-corrected chi connectivity index (χ4v) is 1.11. The Morgan fingerprint density at radius 1 is 1.14 bits per heavy atom. The van der Waals surface area contributed by atoms with Gasteiger partial charge in [0.1, 0.15) is 0 Å². The van der Waals surface area contributed by atoms with Gasteiger partial charge in [0.05, 0.1) is 5.01 Å². The largest absolute Gasteiger partial charge is 0.434 e. The summed E-state index contributed by atoms with van der Waals surface area (Å²) in [5, 5.41) is 1.45. The zero-order chi connectivity index (χ0) is 11.8. The molecule has 0 saturated heterocycles. The molecule has 0 N–H and O–H groups in total. The minimum atomic E-state index is -4.29. The molecular weight excluding hydrogens is 211 g/mol. The van der Waals surface area contributed by atoms with Gasteiger partial charge in [-0.25, -0.2) is 4.98 Å². The number of hydrogen-bond donors (Lipinski definition) is 0. The molecule has 0 spiro atoms. The standard InChI is InChI=1S/C5H4F3NS.2C2H6/c1-3-9-4(2-10-3)5(6,7)8;2*1-2/h2H,1H3;2*1-2H3. The summed E-state index contributed by atoms with van der Waals surface area (Å²) >= 11 is 1.00. The summed E-state index contributed by atoms with van der Waals surface area (Å²) in [6.07, 6.45) is -4.29. The topological polar surface area (TPSA) is 12.9 Å². The smallest absolute Gasteiger partial charge is 0.237 e. The number of hydrogen-bond acceptors (Lipinski definition) is 2. The number of nitrogens with zero attached hydrogens (tertiary/aromatic N) is 1. The Morgan fingerprint density at radius 2 is 1.57 bits per heavy atom. The molecule has 5 heteroatoms. The predicted molar refractivity (Wildman–Crippen MR) is 54.5 cm³/mol. The Balaban J connectivity index is 0. The average Bonchev–Trinajstić information content (AvgIpc) is 2.58. The lowest BCUT2D eigenvalue weighted by Crippen LogP contribution is -2.04. The fourth-order valence-electron chi connectivity index (χ4n) is 0.494. The number of aromatic nitrogens is 1. The summed E-state index contributed by atoms with van der Waals surface area (Å²) in [5.74, 6) is 0. The third kappa shape index (κ3) is 5.96. The van der Waals surface area contributed by atoms with E-state index < -0.39 is 11.9 Å². The van der Waals surface area contributed by atoms with E-state index in [9.17, 15) is 13.2 Å². The van der Waals surface area contributed by atoms with Crippen LogP contribution in [0.15, 0.2) is 5.38 Å². The van der Waals surface area contributed by atoms with E-state index in [0.717, 1.165) is 16.7 Å². The highest BCUT2D eigenvalue weighted by atomic mass is 32.1. The molecule has 0 radical (unpaired) electrons. The molecule has 0 atom stereocenters. The van der Waals surface area contributed by atoms with E-state index in [2.05, 4.69) is 4.98 Å². The number of aryl methyl sites for hydroxylation is 1. The first kappa shape index (κ1) is 15.9. The normalized spacial score (nSPS) is 9.43. The van der Waals surface area contributed by atoms with E-state index in [-0.39, 0.29) is 0 Å². The second kappa shape index (κ2) is 7.79. The molecule has 1 aromatic heterocycles. The zero-order valence-electron chi connectivity index (χ0n) is 9.07. The van der Waals surface area contributed by atoms with Crippen LogP contribution >= 0.6 is 11.3 Å². The maximum Gasteiger partial charge on any atom is 0.434 e. The Bertz CT molecular complexity index is 230. The van der Waals surface area contributed by atoms with Crippen molar-refractivity contribution in [1.29, 1.82) is 0 Å². The van der Waals surface area contributed by atoms with Crippen molar-refractivity contribution in [1.82, 2.24) is 4.98 Å². The molecule has 0 aromatic carbocycles. The van der Waals surface area contributed by atoms with Crippen LogP contribution in [0.4, 0.5) is 13.2 Å². The summed E-state index contributed by atoms with van der Waals surface area (Å²) in [6.45, 7) is 9.54. The second-order valence-corrected chi connectivity index (χ2v) is 2.81. The van der Waals surface area contributed by atoms with Crippen LogP contribution in [0.2, 0.25) is 0 Å². The summed E-state index contributed by atoms with van der Waals surface area (Å²) < 4.78 is 35.2. The molecule has 1 aromatic rings. The van der Waals surface area contributed by atoms with Crippen LogP contribution in [0, 0.1) is 6.92 Å². The van der Waals surface area contributed by atoms with Crippen LogP contribution in [0.25, 0.3) is 0 Å². The SMILES string of the molecule is CC.CC.Cc1nc(C(F)(F)F)cs1. The van der Waals surface area contributed by atoms with Gasteiger partial charge < -0.3 is 0 Å². The van der Waals surface area contributed by atoms with Crippen LogP contribution < -0.4 is 0 Å². The number of thiazole rings is 1. The Labute approximate surface area is 87.0 Å². The van der Waals surface area contributed by atoms with Gasteiger partial charge in [-0.05, 0) is 6.92 Å². The van der Waals surface area contributed by atoms with Crippen molar-refractivity contribution in [2.75, 3.05) is 0 Å². The molecule has 1 nitrogen and oxygen atoms in total. The number of halogens is 3. The molecule has 0 fully saturated rings. The van der Waals surface area contributed by atoms with Crippen LogP contribution in [0.1, 0.15) is 38.4 Å². The first-order chi connectivity index (χ1) is 6.50. The van der Waals surface area contributed by atoms with Crippen LogP contribution in [-0.4, -0.2) is 4.98 Å². The van der Waals surface area contributed by atoms with Crippen LogP contribution in [0.5, 0.6) is 0 Å². The predicted octanol–water partition coefficient (Wildman–Crippen LogP) is 4.52. The van der Waals surface area contributed by atoms with Gasteiger partial charge in [0.2, 0.25) is 0 Å². The van der Waals surface area contributed by atoms with Crippen molar-refractivity contribution in [2.24, 2.45) is 0 Å². The fraction of sp³-hybridized carbons (Fsp3) is 0.667. The summed E-state index contributed by atoms with van der Waals surface area (Å²) in [6, 6.07) is 0. The molecular formula is C9H16F3NS. The van der Waals surface area contributed by atoms with Crippen molar-refractivity contribution in [3.8, 4) is 0 Å². The van der Waals surface area contributed by atoms with Crippen molar-refractivity contribution in [3.05, 3.63) is 16.1 Å². The molecule has 0 aliphatic carbocycles. The van der Waals surface area contributed by atoms with E-state index >= 15 is 0 Å². The molecule has 1 heterocycles. The summed E-state index contributed by atoms with van der Waals surface area (Å²) in [5.41, 5.74) is -0.796. The van der Waals surface area contributed by atoms with Gasteiger partial charge in [0.15, 0.2) is 5.69 Å². The summed E-state index contributed by atoms with van der Waals surface area (Å²) in [7, 11) is 0. The molecule has 0 aliphatic heterocycles. The first-order valence-electron chi connectivity index (χ1n) is 4.49. The molecule has 0 aliphatic rings. The van der Waals surface area contributed by atoms with Gasteiger partial charge in [0, 0.05) is 5.38 Å². The van der Waals surface area contributed by atoms with Gasteiger partial charge in [0.25, 0.3) is 0 Å². The van der Waals surface area contributed by atoms with E-state index in [1.807, 2.05) is 27.7 Å². The zero-order valence-corrected chi connectivity index (χ0v) is 9.88. The third-order valence-corrected chi connectivity index (χ3v) is 1.68. The lowest BCUT2D eigenvalue weighted by molar-refractivity contribution is -0.140. The monoisotopic (exact) mass is 227 g/mol. The molecule has 14 heavy (non-hydrogen) atoms. The molecule has 0 amide bonds. The highest BCUT2D eigenvalue weighted by molar-refractivity contribution is 7.09. The second-order valence-electron chi connectivity index (χ2n) is 1.75. The van der Waals surface area contributed by atoms with Crippen LogP contribution in [-0.2, 0) is 6.18 Å². The van der Waals surface area contributed by atoms with Crippen LogP contribution in [0.3, 0.4) is 0 Å². The molecule has 1 rings (SSSR count). The highest BCUT2D eigenvalue weighted by Gasteiger charge is 2.33. The lowest BCUT2D eigenvalue weighted by Gasteiger charge is -1.98. The van der Waals surface area contributed by atoms with Gasteiger partial charge in [-0.3, -0.25) is 0 Å². The maximum absolute atomic E-state index is 11.7. The minimum Gasteiger partial charge on any atom is -0.237 e. The molecule has 0 bridgehead atoms. The van der Waals surface area contributed by atoms with Crippen molar-refractivity contribution < 1.29 is 13.2 Å². The maximum atomic E-state index is 11.7. The van der Waals surface area contributed by atoms with Gasteiger partial charge in [-0.2, -0.15) is 13.2 Å². The van der Waals surface area contributed by atoms with E-state index in [1.165, 1.54) is 0 Å². The highest BCUT2D eigenvalue weighted by Crippen LogP contribution is 2.29. The Kier molecular flexibility index (Phi) is 8.83.